The number of imidazole rings is 1. The predicted octanol–water partition coefficient (Wildman–Crippen LogP) is 2.17. The van der Waals surface area contributed by atoms with Crippen molar-refractivity contribution in [2.24, 2.45) is 0 Å². The maximum atomic E-state index is 9.69. The molecule has 2 aromatic rings. The van der Waals surface area contributed by atoms with E-state index in [1.807, 2.05) is 0 Å². The van der Waals surface area contributed by atoms with Gasteiger partial charge >= 0.3 is 0 Å². The van der Waals surface area contributed by atoms with Crippen LogP contribution < -0.4 is 5.32 Å². The first-order valence-electron chi connectivity index (χ1n) is 5.03. The second kappa shape index (κ2) is 4.58. The summed E-state index contributed by atoms with van der Waals surface area (Å²) in [5.41, 5.74) is 0.657. The molecule has 5 nitrogen and oxygen atoms in total. The van der Waals surface area contributed by atoms with E-state index in [2.05, 4.69) is 38.0 Å². The fraction of sp³-hybridized carbons (Fsp3) is 0.400. The molecule has 2 rings (SSSR count). The molecule has 7 heteroatoms. The van der Waals surface area contributed by atoms with Crippen LogP contribution in [0.5, 0.6) is 0 Å². The molecular formula is C10H12ClIN4O. The second-order valence-corrected chi connectivity index (χ2v) is 5.86. The highest BCUT2D eigenvalue weighted by atomic mass is 127. The average molecular weight is 367 g/mol. The zero-order valence-corrected chi connectivity index (χ0v) is 12.3. The number of rotatable bonds is 3. The molecular weight excluding hydrogens is 354 g/mol. The zero-order valence-electron chi connectivity index (χ0n) is 9.41. The molecule has 0 radical (unpaired) electrons. The zero-order chi connectivity index (χ0) is 12.6. The van der Waals surface area contributed by atoms with Gasteiger partial charge in [-0.1, -0.05) is 11.6 Å². The minimum absolute atomic E-state index is 0.381. The standard InChI is InChI=1S/C10H12ClIN4O/c1-10(2,17)5-14-6-3-7(11)15-16-8(12)4-13-9(6)16/h3-4,14,17H,5H2,1-2H3. The summed E-state index contributed by atoms with van der Waals surface area (Å²) in [7, 11) is 0. The molecule has 0 unspecified atom stereocenters. The Morgan fingerprint density at radius 1 is 1.59 bits per heavy atom. The number of halogens is 2. The lowest BCUT2D eigenvalue weighted by Gasteiger charge is -2.18. The molecule has 0 aromatic carbocycles. The Morgan fingerprint density at radius 2 is 2.29 bits per heavy atom. The van der Waals surface area contributed by atoms with E-state index >= 15 is 0 Å². The highest BCUT2D eigenvalue weighted by Crippen LogP contribution is 2.21. The van der Waals surface area contributed by atoms with Gasteiger partial charge in [0.15, 0.2) is 10.8 Å². The van der Waals surface area contributed by atoms with Crippen LogP contribution in [0.4, 0.5) is 5.69 Å². The van der Waals surface area contributed by atoms with E-state index in [-0.39, 0.29) is 0 Å². The molecule has 2 N–H and O–H groups in total. The minimum atomic E-state index is -0.799. The number of aliphatic hydroxyl groups is 1. The van der Waals surface area contributed by atoms with Crippen molar-refractivity contribution in [2.75, 3.05) is 11.9 Å². The van der Waals surface area contributed by atoms with Crippen LogP contribution in [0.3, 0.4) is 0 Å². The van der Waals surface area contributed by atoms with Gasteiger partial charge in [-0.05, 0) is 36.4 Å². The van der Waals surface area contributed by atoms with Crippen molar-refractivity contribution in [3.05, 3.63) is 21.1 Å². The Bertz CT molecular complexity index is 549. The van der Waals surface area contributed by atoms with Gasteiger partial charge in [-0.25, -0.2) is 9.50 Å². The number of hydrogen-bond acceptors (Lipinski definition) is 4. The van der Waals surface area contributed by atoms with Gasteiger partial charge in [0.05, 0.1) is 17.5 Å². The molecule has 2 aromatic heterocycles. The predicted molar refractivity (Wildman–Crippen MR) is 75.5 cm³/mol. The smallest absolute Gasteiger partial charge is 0.178 e. The molecule has 0 aliphatic rings. The summed E-state index contributed by atoms with van der Waals surface area (Å²) >= 11 is 8.07. The fourth-order valence-electron chi connectivity index (χ4n) is 1.35. The van der Waals surface area contributed by atoms with E-state index in [1.54, 1.807) is 30.6 Å². The van der Waals surface area contributed by atoms with Crippen LogP contribution in [-0.4, -0.2) is 31.9 Å². The lowest BCUT2D eigenvalue weighted by molar-refractivity contribution is 0.0945. The number of hydrogen-bond donors (Lipinski definition) is 2. The van der Waals surface area contributed by atoms with Crippen molar-refractivity contribution >= 4 is 45.5 Å². The molecule has 2 heterocycles. The first-order chi connectivity index (χ1) is 7.87. The van der Waals surface area contributed by atoms with Crippen molar-refractivity contribution in [2.45, 2.75) is 19.4 Å². The van der Waals surface area contributed by atoms with Crippen molar-refractivity contribution in [3.63, 3.8) is 0 Å². The van der Waals surface area contributed by atoms with Crippen molar-refractivity contribution in [1.29, 1.82) is 0 Å². The third-order valence-electron chi connectivity index (χ3n) is 2.11. The molecule has 17 heavy (non-hydrogen) atoms. The van der Waals surface area contributed by atoms with Gasteiger partial charge in [-0.3, -0.25) is 0 Å². The maximum Gasteiger partial charge on any atom is 0.178 e. The van der Waals surface area contributed by atoms with Gasteiger partial charge in [-0.2, -0.15) is 5.10 Å². The normalized spacial score (nSPS) is 12.1. The summed E-state index contributed by atoms with van der Waals surface area (Å²) in [6, 6.07) is 1.70. The molecule has 0 saturated heterocycles. The van der Waals surface area contributed by atoms with E-state index in [9.17, 15) is 5.11 Å². The quantitative estimate of drug-likeness (QED) is 0.817. The number of fused-ring (bicyclic) bond motifs is 1. The van der Waals surface area contributed by atoms with Crippen molar-refractivity contribution in [1.82, 2.24) is 14.6 Å². The van der Waals surface area contributed by atoms with Crippen LogP contribution in [0, 0.1) is 3.70 Å². The second-order valence-electron chi connectivity index (χ2n) is 4.36. The summed E-state index contributed by atoms with van der Waals surface area (Å²) in [6.45, 7) is 3.87. The Kier molecular flexibility index (Phi) is 3.46. The Morgan fingerprint density at radius 3 is 2.94 bits per heavy atom. The third kappa shape index (κ3) is 2.99. The van der Waals surface area contributed by atoms with Gasteiger partial charge in [0.25, 0.3) is 0 Å². The van der Waals surface area contributed by atoms with Crippen molar-refractivity contribution < 1.29 is 5.11 Å². The van der Waals surface area contributed by atoms with Crippen LogP contribution in [-0.2, 0) is 0 Å². The molecule has 0 aliphatic heterocycles. The molecule has 92 valence electrons. The van der Waals surface area contributed by atoms with Gasteiger partial charge in [0.2, 0.25) is 0 Å². The summed E-state index contributed by atoms with van der Waals surface area (Å²) in [4.78, 5) is 4.25. The summed E-state index contributed by atoms with van der Waals surface area (Å²) in [5.74, 6) is 0. The van der Waals surface area contributed by atoms with Gasteiger partial charge in [0.1, 0.15) is 3.70 Å². The maximum absolute atomic E-state index is 9.69. The number of aromatic nitrogens is 3. The Labute approximate surface area is 117 Å². The van der Waals surface area contributed by atoms with Crippen molar-refractivity contribution in [3.8, 4) is 0 Å². The van der Waals surface area contributed by atoms with Crippen LogP contribution in [0.15, 0.2) is 12.3 Å². The minimum Gasteiger partial charge on any atom is -0.389 e. The lowest BCUT2D eigenvalue weighted by Crippen LogP contribution is -2.29. The number of nitrogens with one attached hydrogen (secondary N) is 1. The summed E-state index contributed by atoms with van der Waals surface area (Å²) in [5, 5.41) is 17.3. The molecule has 0 aliphatic carbocycles. The topological polar surface area (TPSA) is 62.5 Å². The first kappa shape index (κ1) is 12.8. The largest absolute Gasteiger partial charge is 0.389 e. The highest BCUT2D eigenvalue weighted by molar-refractivity contribution is 14.1. The Balaban J connectivity index is 2.39. The fourth-order valence-corrected chi connectivity index (χ4v) is 2.01. The average Bonchev–Trinajstić information content (AvgIpc) is 2.56. The summed E-state index contributed by atoms with van der Waals surface area (Å²) in [6.07, 6.45) is 1.72. The van der Waals surface area contributed by atoms with Crippen LogP contribution in [0.1, 0.15) is 13.8 Å². The molecule has 0 atom stereocenters. The van der Waals surface area contributed by atoms with E-state index in [0.717, 1.165) is 9.39 Å². The molecule has 0 saturated carbocycles. The highest BCUT2D eigenvalue weighted by Gasteiger charge is 2.14. The lowest BCUT2D eigenvalue weighted by atomic mass is 10.1. The monoisotopic (exact) mass is 366 g/mol. The molecule has 0 amide bonds. The Hall–Kier alpha value is -0.600. The van der Waals surface area contributed by atoms with Crippen LogP contribution in [0.2, 0.25) is 5.15 Å². The van der Waals surface area contributed by atoms with E-state index in [0.29, 0.717) is 17.3 Å². The number of nitrogens with zero attached hydrogens (tertiary/aromatic N) is 3. The van der Waals surface area contributed by atoms with Gasteiger partial charge in [0, 0.05) is 12.6 Å². The molecule has 0 bridgehead atoms. The third-order valence-corrected chi connectivity index (χ3v) is 3.03. The van der Waals surface area contributed by atoms with Gasteiger partial charge < -0.3 is 10.4 Å². The van der Waals surface area contributed by atoms with E-state index in [4.69, 9.17) is 11.6 Å². The number of anilines is 1. The van der Waals surface area contributed by atoms with Gasteiger partial charge in [-0.15, -0.1) is 0 Å². The van der Waals surface area contributed by atoms with E-state index in [1.165, 1.54) is 0 Å². The SMILES string of the molecule is CC(C)(O)CNc1cc(Cl)nn2c(I)cnc12. The molecule has 0 spiro atoms. The molecule has 0 fully saturated rings. The summed E-state index contributed by atoms with van der Waals surface area (Å²) < 4.78 is 2.54. The first-order valence-corrected chi connectivity index (χ1v) is 6.48. The van der Waals surface area contributed by atoms with E-state index < -0.39 is 5.60 Å². The van der Waals surface area contributed by atoms with Crippen LogP contribution in [0.25, 0.3) is 5.65 Å². The van der Waals surface area contributed by atoms with Crippen LogP contribution >= 0.6 is 34.2 Å².